The molecule has 1 saturated heterocycles. The Bertz CT molecular complexity index is 503. The zero-order valence-electron chi connectivity index (χ0n) is 10.4. The van der Waals surface area contributed by atoms with Gasteiger partial charge in [-0.3, -0.25) is 4.79 Å². The Hall–Kier alpha value is -1.07. The van der Waals surface area contributed by atoms with Crippen LogP contribution in [0.2, 0.25) is 5.02 Å². The standard InChI is InChI=1S/C13H14ClNO3S/c14-10-7-9(8-11-12(10)18-4-3-17-11)13(16)15-1-5-19-6-2-15/h7-8H,1-6H2. The average molecular weight is 300 g/mol. The fourth-order valence-electron chi connectivity index (χ4n) is 2.18. The molecule has 0 aliphatic carbocycles. The van der Waals surface area contributed by atoms with E-state index in [0.29, 0.717) is 35.3 Å². The van der Waals surface area contributed by atoms with Gasteiger partial charge < -0.3 is 14.4 Å². The van der Waals surface area contributed by atoms with Crippen molar-refractivity contribution < 1.29 is 14.3 Å². The molecule has 1 fully saturated rings. The van der Waals surface area contributed by atoms with Gasteiger partial charge in [0.2, 0.25) is 0 Å². The second kappa shape index (κ2) is 5.51. The number of benzene rings is 1. The Kier molecular flexibility index (Phi) is 3.75. The van der Waals surface area contributed by atoms with Crippen LogP contribution in [0.15, 0.2) is 12.1 Å². The first-order valence-electron chi connectivity index (χ1n) is 6.22. The Morgan fingerprint density at radius 3 is 2.74 bits per heavy atom. The van der Waals surface area contributed by atoms with Gasteiger partial charge in [-0.05, 0) is 12.1 Å². The fourth-order valence-corrected chi connectivity index (χ4v) is 3.35. The molecule has 0 atom stereocenters. The van der Waals surface area contributed by atoms with Gasteiger partial charge in [0.25, 0.3) is 5.91 Å². The minimum absolute atomic E-state index is 0.0131. The number of amides is 1. The van der Waals surface area contributed by atoms with E-state index in [1.165, 1.54) is 0 Å². The smallest absolute Gasteiger partial charge is 0.254 e. The third-order valence-electron chi connectivity index (χ3n) is 3.14. The summed E-state index contributed by atoms with van der Waals surface area (Å²) in [6.07, 6.45) is 0. The van der Waals surface area contributed by atoms with Gasteiger partial charge in [0, 0.05) is 30.2 Å². The van der Waals surface area contributed by atoms with E-state index in [1.807, 2.05) is 16.7 Å². The lowest BCUT2D eigenvalue weighted by Crippen LogP contribution is -2.37. The van der Waals surface area contributed by atoms with E-state index >= 15 is 0 Å². The van der Waals surface area contributed by atoms with Gasteiger partial charge in [0.15, 0.2) is 11.5 Å². The summed E-state index contributed by atoms with van der Waals surface area (Å²) < 4.78 is 10.9. The molecule has 0 spiro atoms. The molecule has 0 bridgehead atoms. The van der Waals surface area contributed by atoms with Crippen molar-refractivity contribution in [3.8, 4) is 11.5 Å². The van der Waals surface area contributed by atoms with Gasteiger partial charge in [-0.25, -0.2) is 0 Å². The number of carbonyl (C=O) groups excluding carboxylic acids is 1. The number of rotatable bonds is 1. The molecule has 1 aromatic carbocycles. The van der Waals surface area contributed by atoms with E-state index in [0.717, 1.165) is 24.6 Å². The molecule has 0 saturated carbocycles. The minimum Gasteiger partial charge on any atom is -0.486 e. The Morgan fingerprint density at radius 1 is 1.21 bits per heavy atom. The summed E-state index contributed by atoms with van der Waals surface area (Å²) in [6.45, 7) is 2.55. The van der Waals surface area contributed by atoms with Gasteiger partial charge >= 0.3 is 0 Å². The van der Waals surface area contributed by atoms with Crippen LogP contribution in [0.25, 0.3) is 0 Å². The van der Waals surface area contributed by atoms with E-state index in [-0.39, 0.29) is 5.91 Å². The summed E-state index contributed by atoms with van der Waals surface area (Å²) in [6, 6.07) is 3.39. The number of nitrogens with zero attached hydrogens (tertiary/aromatic N) is 1. The second-order valence-electron chi connectivity index (χ2n) is 4.39. The predicted molar refractivity (Wildman–Crippen MR) is 75.7 cm³/mol. The molecule has 2 heterocycles. The first kappa shape index (κ1) is 12.9. The lowest BCUT2D eigenvalue weighted by atomic mass is 10.1. The van der Waals surface area contributed by atoms with E-state index in [9.17, 15) is 4.79 Å². The molecule has 0 unspecified atom stereocenters. The SMILES string of the molecule is O=C(c1cc(Cl)c2c(c1)OCCO2)N1CCSCC1. The summed E-state index contributed by atoms with van der Waals surface area (Å²) in [5.41, 5.74) is 0.571. The highest BCUT2D eigenvalue weighted by molar-refractivity contribution is 7.99. The van der Waals surface area contributed by atoms with E-state index in [2.05, 4.69) is 0 Å². The van der Waals surface area contributed by atoms with Crippen molar-refractivity contribution in [3.05, 3.63) is 22.7 Å². The second-order valence-corrected chi connectivity index (χ2v) is 6.02. The van der Waals surface area contributed by atoms with Crippen molar-refractivity contribution >= 4 is 29.3 Å². The summed E-state index contributed by atoms with van der Waals surface area (Å²) in [7, 11) is 0. The number of carbonyl (C=O) groups is 1. The summed E-state index contributed by atoms with van der Waals surface area (Å²) in [5.74, 6) is 3.10. The lowest BCUT2D eigenvalue weighted by molar-refractivity contribution is 0.0771. The quantitative estimate of drug-likeness (QED) is 0.797. The third kappa shape index (κ3) is 2.62. The van der Waals surface area contributed by atoms with Crippen LogP contribution in [-0.4, -0.2) is 48.6 Å². The van der Waals surface area contributed by atoms with Crippen molar-refractivity contribution in [2.24, 2.45) is 0 Å². The van der Waals surface area contributed by atoms with Gasteiger partial charge in [-0.2, -0.15) is 11.8 Å². The number of halogens is 1. The van der Waals surface area contributed by atoms with Crippen molar-refractivity contribution in [1.29, 1.82) is 0 Å². The van der Waals surface area contributed by atoms with Crippen LogP contribution in [0.5, 0.6) is 11.5 Å². The highest BCUT2D eigenvalue weighted by atomic mass is 35.5. The lowest BCUT2D eigenvalue weighted by Gasteiger charge is -2.27. The molecule has 2 aliphatic heterocycles. The number of hydrogen-bond donors (Lipinski definition) is 0. The molecule has 4 nitrogen and oxygen atoms in total. The molecule has 1 amide bonds. The maximum atomic E-state index is 12.4. The van der Waals surface area contributed by atoms with Crippen LogP contribution in [0.4, 0.5) is 0 Å². The monoisotopic (exact) mass is 299 g/mol. The summed E-state index contributed by atoms with van der Waals surface area (Å²) in [4.78, 5) is 14.3. The minimum atomic E-state index is 0.0131. The summed E-state index contributed by atoms with van der Waals surface area (Å²) in [5, 5.41) is 0.437. The fraction of sp³-hybridized carbons (Fsp3) is 0.462. The molecular weight excluding hydrogens is 286 g/mol. The Morgan fingerprint density at radius 2 is 1.95 bits per heavy atom. The van der Waals surface area contributed by atoms with Crippen LogP contribution in [0, 0.1) is 0 Å². The molecule has 2 aliphatic rings. The molecule has 3 rings (SSSR count). The number of thioether (sulfide) groups is 1. The molecule has 102 valence electrons. The number of fused-ring (bicyclic) bond motifs is 1. The van der Waals surface area contributed by atoms with Gasteiger partial charge in [-0.1, -0.05) is 11.6 Å². The molecule has 19 heavy (non-hydrogen) atoms. The van der Waals surface area contributed by atoms with Crippen LogP contribution in [-0.2, 0) is 0 Å². The van der Waals surface area contributed by atoms with Gasteiger partial charge in [-0.15, -0.1) is 0 Å². The van der Waals surface area contributed by atoms with E-state index in [1.54, 1.807) is 12.1 Å². The van der Waals surface area contributed by atoms with Crippen LogP contribution in [0.3, 0.4) is 0 Å². The van der Waals surface area contributed by atoms with Crippen LogP contribution in [0.1, 0.15) is 10.4 Å². The van der Waals surface area contributed by atoms with Crippen molar-refractivity contribution in [3.63, 3.8) is 0 Å². The normalized spacial score (nSPS) is 18.3. The van der Waals surface area contributed by atoms with Crippen molar-refractivity contribution in [1.82, 2.24) is 4.90 Å². The number of hydrogen-bond acceptors (Lipinski definition) is 4. The molecule has 0 N–H and O–H groups in total. The summed E-state index contributed by atoms with van der Waals surface area (Å²) >= 11 is 8.02. The van der Waals surface area contributed by atoms with Crippen molar-refractivity contribution in [2.45, 2.75) is 0 Å². The van der Waals surface area contributed by atoms with E-state index < -0.39 is 0 Å². The van der Waals surface area contributed by atoms with Gasteiger partial charge in [0.05, 0.1) is 5.02 Å². The van der Waals surface area contributed by atoms with Gasteiger partial charge in [0.1, 0.15) is 13.2 Å². The Labute approximate surface area is 121 Å². The zero-order chi connectivity index (χ0) is 13.2. The number of ether oxygens (including phenoxy) is 2. The molecular formula is C13H14ClNO3S. The van der Waals surface area contributed by atoms with Crippen molar-refractivity contribution in [2.75, 3.05) is 37.8 Å². The average Bonchev–Trinajstić information content (AvgIpc) is 2.47. The molecule has 0 radical (unpaired) electrons. The maximum Gasteiger partial charge on any atom is 0.254 e. The highest BCUT2D eigenvalue weighted by Gasteiger charge is 2.23. The third-order valence-corrected chi connectivity index (χ3v) is 4.37. The predicted octanol–water partition coefficient (Wildman–Crippen LogP) is 2.30. The first-order chi connectivity index (χ1) is 9.25. The largest absolute Gasteiger partial charge is 0.486 e. The van der Waals surface area contributed by atoms with Crippen LogP contribution < -0.4 is 9.47 Å². The topological polar surface area (TPSA) is 38.8 Å². The maximum absolute atomic E-state index is 12.4. The molecule has 0 aromatic heterocycles. The van der Waals surface area contributed by atoms with Crippen LogP contribution >= 0.6 is 23.4 Å². The molecule has 1 aromatic rings. The molecule has 6 heteroatoms. The highest BCUT2D eigenvalue weighted by Crippen LogP contribution is 2.38. The first-order valence-corrected chi connectivity index (χ1v) is 7.75. The van der Waals surface area contributed by atoms with E-state index in [4.69, 9.17) is 21.1 Å². The Balaban J connectivity index is 1.88. The zero-order valence-corrected chi connectivity index (χ0v) is 11.9.